The summed E-state index contributed by atoms with van der Waals surface area (Å²) < 4.78 is 5.30. The second-order valence-electron chi connectivity index (χ2n) is 4.32. The van der Waals surface area contributed by atoms with Crippen molar-refractivity contribution in [1.82, 2.24) is 5.32 Å². The minimum atomic E-state index is -0.860. The Hall–Kier alpha value is -1.85. The largest absolute Gasteiger partial charge is 0.496 e. The molecule has 0 aliphatic carbocycles. The van der Waals surface area contributed by atoms with Crippen molar-refractivity contribution >= 4 is 17.3 Å². The summed E-state index contributed by atoms with van der Waals surface area (Å²) in [6.07, 6.45) is 0.844. The van der Waals surface area contributed by atoms with E-state index in [-0.39, 0.29) is 0 Å². The van der Waals surface area contributed by atoms with E-state index in [1.807, 2.05) is 30.3 Å². The number of para-hydroxylation sites is 1. The first-order valence-corrected chi connectivity index (χ1v) is 7.22. The van der Waals surface area contributed by atoms with Gasteiger partial charge in [0, 0.05) is 6.54 Å². The summed E-state index contributed by atoms with van der Waals surface area (Å²) in [7, 11) is 1.66. The summed E-state index contributed by atoms with van der Waals surface area (Å²) in [6.45, 7) is 1.34. The van der Waals surface area contributed by atoms with Gasteiger partial charge in [-0.2, -0.15) is 0 Å². The summed E-state index contributed by atoms with van der Waals surface area (Å²) in [5.74, 6) is 0.0255. The maximum atomic E-state index is 11.0. The van der Waals surface area contributed by atoms with E-state index in [0.717, 1.165) is 29.8 Å². The molecule has 0 saturated heterocycles. The number of carbonyl (C=O) groups is 1. The number of rotatable bonds is 7. The van der Waals surface area contributed by atoms with Crippen molar-refractivity contribution in [2.75, 3.05) is 13.7 Å². The van der Waals surface area contributed by atoms with Crippen LogP contribution in [0.2, 0.25) is 0 Å². The monoisotopic (exact) mass is 291 g/mol. The number of ether oxygens (including phenoxy) is 1. The number of aromatic carboxylic acids is 1. The Morgan fingerprint density at radius 1 is 1.30 bits per heavy atom. The lowest BCUT2D eigenvalue weighted by Gasteiger charge is -2.09. The first-order valence-electron chi connectivity index (χ1n) is 6.34. The van der Waals surface area contributed by atoms with E-state index in [0.29, 0.717) is 11.4 Å². The Bertz CT molecular complexity index is 580. The minimum Gasteiger partial charge on any atom is -0.496 e. The van der Waals surface area contributed by atoms with Crippen LogP contribution in [0.1, 0.15) is 20.8 Å². The smallest absolute Gasteiger partial charge is 0.346 e. The van der Waals surface area contributed by atoms with Crippen LogP contribution in [-0.2, 0) is 13.0 Å². The molecule has 0 saturated carbocycles. The molecule has 1 aromatic carbocycles. The van der Waals surface area contributed by atoms with Gasteiger partial charge in [-0.1, -0.05) is 18.2 Å². The van der Waals surface area contributed by atoms with Gasteiger partial charge in [0.2, 0.25) is 0 Å². The van der Waals surface area contributed by atoms with Crippen molar-refractivity contribution in [3.8, 4) is 5.75 Å². The maximum absolute atomic E-state index is 11.0. The van der Waals surface area contributed by atoms with Crippen LogP contribution in [0.15, 0.2) is 35.7 Å². The highest BCUT2D eigenvalue weighted by atomic mass is 32.1. The molecule has 2 aromatic rings. The van der Waals surface area contributed by atoms with Gasteiger partial charge in [-0.05, 0) is 41.6 Å². The van der Waals surface area contributed by atoms with Crippen molar-refractivity contribution in [1.29, 1.82) is 0 Å². The topological polar surface area (TPSA) is 58.6 Å². The molecule has 0 fully saturated rings. The van der Waals surface area contributed by atoms with E-state index < -0.39 is 5.97 Å². The second kappa shape index (κ2) is 7.07. The summed E-state index contributed by atoms with van der Waals surface area (Å²) in [6, 6.07) is 9.76. The molecule has 1 aromatic heterocycles. The van der Waals surface area contributed by atoms with Gasteiger partial charge in [0.05, 0.1) is 7.11 Å². The van der Waals surface area contributed by atoms with Crippen LogP contribution < -0.4 is 10.1 Å². The molecule has 0 radical (unpaired) electrons. The number of nitrogens with one attached hydrogen (secondary N) is 1. The fourth-order valence-corrected chi connectivity index (χ4v) is 2.78. The molecule has 0 bridgehead atoms. The minimum absolute atomic E-state index is 0.412. The van der Waals surface area contributed by atoms with E-state index >= 15 is 0 Å². The van der Waals surface area contributed by atoms with Gasteiger partial charge >= 0.3 is 5.97 Å². The highest BCUT2D eigenvalue weighted by molar-refractivity contribution is 7.12. The second-order valence-corrected chi connectivity index (χ2v) is 5.23. The van der Waals surface area contributed by atoms with Gasteiger partial charge in [-0.25, -0.2) is 4.79 Å². The van der Waals surface area contributed by atoms with Crippen molar-refractivity contribution < 1.29 is 14.6 Å². The highest BCUT2D eigenvalue weighted by Gasteiger charge is 2.10. The van der Waals surface area contributed by atoms with E-state index in [2.05, 4.69) is 5.32 Å². The van der Waals surface area contributed by atoms with Crippen molar-refractivity contribution in [3.05, 3.63) is 51.7 Å². The van der Waals surface area contributed by atoms with Crippen LogP contribution in [0.25, 0.3) is 0 Å². The average molecular weight is 291 g/mol. The summed E-state index contributed by atoms with van der Waals surface area (Å²) in [5, 5.41) is 14.1. The molecular formula is C15H17NO3S. The van der Waals surface area contributed by atoms with Gasteiger partial charge in [-0.3, -0.25) is 0 Å². The highest BCUT2D eigenvalue weighted by Crippen LogP contribution is 2.18. The molecule has 4 nitrogen and oxygen atoms in total. The normalized spacial score (nSPS) is 10.4. The number of hydrogen-bond donors (Lipinski definition) is 2. The zero-order valence-electron chi connectivity index (χ0n) is 11.3. The molecule has 20 heavy (non-hydrogen) atoms. The summed E-state index contributed by atoms with van der Waals surface area (Å²) >= 11 is 1.26. The molecule has 1 heterocycles. The molecule has 5 heteroatoms. The fraction of sp³-hybridized carbons (Fsp3) is 0.267. The lowest BCUT2D eigenvalue weighted by molar-refractivity contribution is 0.0701. The number of methoxy groups -OCH3 is 1. The summed E-state index contributed by atoms with van der Waals surface area (Å²) in [5.41, 5.74) is 1.98. The molecule has 0 aliphatic rings. The van der Waals surface area contributed by atoms with Crippen molar-refractivity contribution in [2.24, 2.45) is 0 Å². The van der Waals surface area contributed by atoms with E-state index in [1.165, 1.54) is 11.3 Å². The Balaban J connectivity index is 1.85. The molecular weight excluding hydrogens is 274 g/mol. The van der Waals surface area contributed by atoms with Crippen LogP contribution in [0.3, 0.4) is 0 Å². The number of carboxylic acid groups (broad SMARTS) is 1. The number of thiophene rings is 1. The first-order chi connectivity index (χ1) is 9.72. The predicted molar refractivity (Wildman–Crippen MR) is 79.7 cm³/mol. The van der Waals surface area contributed by atoms with Gasteiger partial charge in [-0.15, -0.1) is 11.3 Å². The zero-order valence-corrected chi connectivity index (χ0v) is 12.1. The molecule has 106 valence electrons. The average Bonchev–Trinajstić information content (AvgIpc) is 2.92. The standard InChI is InChI=1S/C15H17NO3S/c1-19-13-5-3-2-4-11(13)6-8-16-10-12-7-9-20-14(12)15(17)18/h2-5,7,9,16H,6,8,10H2,1H3,(H,17,18). The van der Waals surface area contributed by atoms with Crippen molar-refractivity contribution in [3.63, 3.8) is 0 Å². The molecule has 0 aliphatic heterocycles. The Labute approximate surface area is 122 Å². The Morgan fingerprint density at radius 2 is 2.10 bits per heavy atom. The van der Waals surface area contributed by atoms with Crippen LogP contribution in [-0.4, -0.2) is 24.7 Å². The van der Waals surface area contributed by atoms with Crippen molar-refractivity contribution in [2.45, 2.75) is 13.0 Å². The third-order valence-electron chi connectivity index (χ3n) is 3.02. The third-order valence-corrected chi connectivity index (χ3v) is 3.96. The van der Waals surface area contributed by atoms with Crippen LogP contribution in [0.4, 0.5) is 0 Å². The summed E-state index contributed by atoms with van der Waals surface area (Å²) in [4.78, 5) is 11.4. The van der Waals surface area contributed by atoms with Gasteiger partial charge in [0.15, 0.2) is 0 Å². The lowest BCUT2D eigenvalue weighted by Crippen LogP contribution is -2.18. The van der Waals surface area contributed by atoms with E-state index in [1.54, 1.807) is 12.5 Å². The third kappa shape index (κ3) is 3.59. The maximum Gasteiger partial charge on any atom is 0.346 e. The fourth-order valence-electron chi connectivity index (χ4n) is 2.02. The number of hydrogen-bond acceptors (Lipinski definition) is 4. The van der Waals surface area contributed by atoms with E-state index in [4.69, 9.17) is 9.84 Å². The lowest BCUT2D eigenvalue weighted by atomic mass is 10.1. The molecule has 2 N–H and O–H groups in total. The van der Waals surface area contributed by atoms with Gasteiger partial charge in [0.1, 0.15) is 10.6 Å². The molecule has 2 rings (SSSR count). The van der Waals surface area contributed by atoms with Gasteiger partial charge < -0.3 is 15.2 Å². The number of carboxylic acids is 1. The SMILES string of the molecule is COc1ccccc1CCNCc1ccsc1C(=O)O. The van der Waals surface area contributed by atoms with Gasteiger partial charge in [0.25, 0.3) is 0 Å². The quantitative estimate of drug-likeness (QED) is 0.770. The Morgan fingerprint density at radius 3 is 2.85 bits per heavy atom. The molecule has 0 spiro atoms. The Kier molecular flexibility index (Phi) is 5.15. The zero-order chi connectivity index (χ0) is 14.4. The molecule has 0 unspecified atom stereocenters. The van der Waals surface area contributed by atoms with Crippen LogP contribution >= 0.6 is 11.3 Å². The number of benzene rings is 1. The van der Waals surface area contributed by atoms with E-state index in [9.17, 15) is 4.79 Å². The van der Waals surface area contributed by atoms with Crippen LogP contribution in [0.5, 0.6) is 5.75 Å². The van der Waals surface area contributed by atoms with Crippen LogP contribution in [0, 0.1) is 0 Å². The molecule has 0 amide bonds. The predicted octanol–water partition coefficient (Wildman–Crippen LogP) is 2.79. The first kappa shape index (κ1) is 14.6. The molecule has 0 atom stereocenters.